The molecule has 1 unspecified atom stereocenters. The number of hydrogen-bond acceptors (Lipinski definition) is 2. The predicted molar refractivity (Wildman–Crippen MR) is 76.7 cm³/mol. The van der Waals surface area contributed by atoms with E-state index in [0.717, 1.165) is 11.6 Å². The van der Waals surface area contributed by atoms with Crippen LogP contribution in [0.1, 0.15) is 22.8 Å². The second kappa shape index (κ2) is 6.01. The lowest BCUT2D eigenvalue weighted by molar-refractivity contribution is 0.0902. The number of nitrogens with one attached hydrogen (secondary N) is 1. The summed E-state index contributed by atoms with van der Waals surface area (Å²) in [7, 11) is 0. The second-order valence-corrected chi connectivity index (χ2v) is 4.96. The Morgan fingerprint density at radius 1 is 1.14 bits per heavy atom. The van der Waals surface area contributed by atoms with Gasteiger partial charge in [-0.15, -0.1) is 0 Å². The highest BCUT2D eigenvalue weighted by atomic mass is 19.2. The first-order valence-electron chi connectivity index (χ1n) is 6.50. The summed E-state index contributed by atoms with van der Waals surface area (Å²) in [5.41, 5.74) is 5.33. The van der Waals surface area contributed by atoms with Crippen molar-refractivity contribution >= 4 is 5.91 Å². The zero-order valence-corrected chi connectivity index (χ0v) is 11.6. The normalized spacial score (nSPS) is 13.5. The fraction of sp³-hybridized carbons (Fsp3) is 0.188. The molecule has 0 spiro atoms. The lowest BCUT2D eigenvalue weighted by Crippen LogP contribution is -2.49. The van der Waals surface area contributed by atoms with Crippen LogP contribution >= 0.6 is 0 Å². The van der Waals surface area contributed by atoms with Crippen molar-refractivity contribution in [3.05, 3.63) is 71.3 Å². The molecule has 0 aliphatic rings. The van der Waals surface area contributed by atoms with E-state index < -0.39 is 23.1 Å². The standard InChI is InChI=1S/C16H16F2N2O/c1-16(10-19,11-6-3-2-4-7-11)20-15(21)12-8-5-9-13(17)14(12)18/h2-9H,10,19H2,1H3,(H,20,21). The summed E-state index contributed by atoms with van der Waals surface area (Å²) in [6.07, 6.45) is 0. The molecule has 2 aromatic rings. The highest BCUT2D eigenvalue weighted by Crippen LogP contribution is 2.21. The van der Waals surface area contributed by atoms with Crippen LogP contribution < -0.4 is 11.1 Å². The van der Waals surface area contributed by atoms with E-state index in [1.807, 2.05) is 30.3 Å². The number of rotatable bonds is 4. The molecule has 0 aromatic heterocycles. The van der Waals surface area contributed by atoms with E-state index in [2.05, 4.69) is 5.32 Å². The molecule has 0 saturated carbocycles. The predicted octanol–water partition coefficient (Wildman–Crippen LogP) is 2.57. The topological polar surface area (TPSA) is 55.1 Å². The van der Waals surface area contributed by atoms with Gasteiger partial charge in [0.05, 0.1) is 11.1 Å². The Morgan fingerprint density at radius 3 is 2.43 bits per heavy atom. The number of carbonyl (C=O) groups excluding carboxylic acids is 1. The number of carbonyl (C=O) groups is 1. The summed E-state index contributed by atoms with van der Waals surface area (Å²) in [6.45, 7) is 1.86. The molecule has 2 rings (SSSR count). The SMILES string of the molecule is CC(CN)(NC(=O)c1cccc(F)c1F)c1ccccc1. The van der Waals surface area contributed by atoms with Crippen molar-refractivity contribution < 1.29 is 13.6 Å². The summed E-state index contributed by atoms with van der Waals surface area (Å²) in [5.74, 6) is -2.93. The van der Waals surface area contributed by atoms with Gasteiger partial charge in [0, 0.05) is 6.54 Å². The van der Waals surface area contributed by atoms with Crippen LogP contribution in [-0.2, 0) is 5.54 Å². The van der Waals surface area contributed by atoms with Gasteiger partial charge < -0.3 is 11.1 Å². The van der Waals surface area contributed by atoms with Crippen molar-refractivity contribution in [3.8, 4) is 0 Å². The van der Waals surface area contributed by atoms with Crippen LogP contribution in [0.15, 0.2) is 48.5 Å². The molecular weight excluding hydrogens is 274 g/mol. The Hall–Kier alpha value is -2.27. The molecule has 5 heteroatoms. The van der Waals surface area contributed by atoms with Crippen LogP contribution in [0.4, 0.5) is 8.78 Å². The van der Waals surface area contributed by atoms with Gasteiger partial charge in [-0.3, -0.25) is 4.79 Å². The molecular formula is C16H16F2N2O. The van der Waals surface area contributed by atoms with Crippen molar-refractivity contribution in [3.63, 3.8) is 0 Å². The van der Waals surface area contributed by atoms with E-state index in [1.165, 1.54) is 12.1 Å². The van der Waals surface area contributed by atoms with Gasteiger partial charge in [-0.1, -0.05) is 36.4 Å². The Balaban J connectivity index is 2.30. The lowest BCUT2D eigenvalue weighted by Gasteiger charge is -2.30. The summed E-state index contributed by atoms with van der Waals surface area (Å²) >= 11 is 0. The minimum atomic E-state index is -1.16. The van der Waals surface area contributed by atoms with Crippen molar-refractivity contribution in [2.24, 2.45) is 5.73 Å². The van der Waals surface area contributed by atoms with Gasteiger partial charge in [0.15, 0.2) is 11.6 Å². The number of halogens is 2. The van der Waals surface area contributed by atoms with Crippen LogP contribution in [0.2, 0.25) is 0 Å². The molecule has 1 atom stereocenters. The molecule has 0 aliphatic heterocycles. The summed E-state index contributed by atoms with van der Waals surface area (Å²) in [6, 6.07) is 12.6. The van der Waals surface area contributed by atoms with Gasteiger partial charge in [-0.05, 0) is 24.6 Å². The molecule has 0 saturated heterocycles. The highest BCUT2D eigenvalue weighted by molar-refractivity contribution is 5.95. The third kappa shape index (κ3) is 3.08. The zero-order chi connectivity index (χ0) is 15.5. The quantitative estimate of drug-likeness (QED) is 0.909. The van der Waals surface area contributed by atoms with Gasteiger partial charge in [-0.2, -0.15) is 0 Å². The van der Waals surface area contributed by atoms with Crippen molar-refractivity contribution in [1.29, 1.82) is 0 Å². The fourth-order valence-corrected chi connectivity index (χ4v) is 2.04. The highest BCUT2D eigenvalue weighted by Gasteiger charge is 2.28. The van der Waals surface area contributed by atoms with E-state index in [1.54, 1.807) is 6.92 Å². The molecule has 0 heterocycles. The van der Waals surface area contributed by atoms with Gasteiger partial charge in [0.25, 0.3) is 5.91 Å². The van der Waals surface area contributed by atoms with Gasteiger partial charge in [-0.25, -0.2) is 8.78 Å². The molecule has 0 bridgehead atoms. The monoisotopic (exact) mass is 290 g/mol. The van der Waals surface area contributed by atoms with Crippen molar-refractivity contribution in [2.45, 2.75) is 12.5 Å². The average Bonchev–Trinajstić information content (AvgIpc) is 2.50. The molecule has 1 amide bonds. The molecule has 21 heavy (non-hydrogen) atoms. The zero-order valence-electron chi connectivity index (χ0n) is 11.6. The van der Waals surface area contributed by atoms with Gasteiger partial charge in [0.1, 0.15) is 0 Å². The van der Waals surface area contributed by atoms with Crippen molar-refractivity contribution in [2.75, 3.05) is 6.54 Å². The molecule has 3 N–H and O–H groups in total. The molecule has 2 aromatic carbocycles. The number of benzene rings is 2. The average molecular weight is 290 g/mol. The maximum absolute atomic E-state index is 13.7. The van der Waals surface area contributed by atoms with Crippen LogP contribution in [0.3, 0.4) is 0 Å². The molecule has 0 radical (unpaired) electrons. The van der Waals surface area contributed by atoms with Gasteiger partial charge >= 0.3 is 0 Å². The fourth-order valence-electron chi connectivity index (χ4n) is 2.04. The van der Waals surface area contributed by atoms with Crippen LogP contribution in [0.25, 0.3) is 0 Å². The van der Waals surface area contributed by atoms with Gasteiger partial charge in [0.2, 0.25) is 0 Å². The lowest BCUT2D eigenvalue weighted by atomic mass is 9.91. The summed E-state index contributed by atoms with van der Waals surface area (Å²) in [5, 5.41) is 2.67. The van der Waals surface area contributed by atoms with Crippen LogP contribution in [0, 0.1) is 11.6 Å². The first-order chi connectivity index (χ1) is 9.98. The van der Waals surface area contributed by atoms with Crippen LogP contribution in [-0.4, -0.2) is 12.5 Å². The smallest absolute Gasteiger partial charge is 0.255 e. The van der Waals surface area contributed by atoms with E-state index >= 15 is 0 Å². The summed E-state index contributed by atoms with van der Waals surface area (Å²) < 4.78 is 26.9. The van der Waals surface area contributed by atoms with Crippen LogP contribution in [0.5, 0.6) is 0 Å². The Kier molecular flexibility index (Phi) is 4.33. The van der Waals surface area contributed by atoms with E-state index in [-0.39, 0.29) is 12.1 Å². The third-order valence-corrected chi connectivity index (χ3v) is 3.40. The molecule has 3 nitrogen and oxygen atoms in total. The number of nitrogens with two attached hydrogens (primary N) is 1. The Labute approximate surface area is 121 Å². The van der Waals surface area contributed by atoms with E-state index in [9.17, 15) is 13.6 Å². The number of amides is 1. The second-order valence-electron chi connectivity index (χ2n) is 4.96. The number of hydrogen-bond donors (Lipinski definition) is 2. The minimum Gasteiger partial charge on any atom is -0.341 e. The van der Waals surface area contributed by atoms with E-state index in [0.29, 0.717) is 0 Å². The first-order valence-corrected chi connectivity index (χ1v) is 6.50. The molecule has 0 fully saturated rings. The Bertz CT molecular complexity index is 646. The third-order valence-electron chi connectivity index (χ3n) is 3.40. The van der Waals surface area contributed by atoms with Crippen molar-refractivity contribution in [1.82, 2.24) is 5.32 Å². The molecule has 0 aliphatic carbocycles. The maximum Gasteiger partial charge on any atom is 0.255 e. The minimum absolute atomic E-state index is 0.125. The molecule has 110 valence electrons. The maximum atomic E-state index is 13.7. The Morgan fingerprint density at radius 2 is 1.81 bits per heavy atom. The summed E-state index contributed by atoms with van der Waals surface area (Å²) in [4.78, 5) is 12.2. The first kappa shape index (κ1) is 15.1. The van der Waals surface area contributed by atoms with E-state index in [4.69, 9.17) is 5.73 Å². The largest absolute Gasteiger partial charge is 0.341 e.